The minimum absolute atomic E-state index is 0.352. The molecule has 92 valence electrons. The van der Waals surface area contributed by atoms with Crippen molar-refractivity contribution >= 4 is 0 Å². The number of hydrogen-bond donors (Lipinski definition) is 0. The Balaban J connectivity index is 2.00. The molecule has 0 amide bonds. The Labute approximate surface area is 106 Å². The van der Waals surface area contributed by atoms with Crippen LogP contribution in [-0.4, -0.2) is 9.97 Å². The summed E-state index contributed by atoms with van der Waals surface area (Å²) in [6, 6.07) is 9.38. The first kappa shape index (κ1) is 11.3. The van der Waals surface area contributed by atoms with E-state index in [0.29, 0.717) is 17.4 Å². The Morgan fingerprint density at radius 1 is 1.11 bits per heavy atom. The number of aromatic nitrogens is 2. The highest BCUT2D eigenvalue weighted by molar-refractivity contribution is 5.59. The van der Waals surface area contributed by atoms with Crippen molar-refractivity contribution < 1.29 is 4.39 Å². The highest BCUT2D eigenvalue weighted by atomic mass is 19.1. The predicted molar refractivity (Wildman–Crippen MR) is 68.8 cm³/mol. The van der Waals surface area contributed by atoms with Crippen LogP contribution in [0, 0.1) is 12.9 Å². The first-order chi connectivity index (χ1) is 8.72. The van der Waals surface area contributed by atoms with E-state index in [1.54, 1.807) is 0 Å². The fraction of sp³-hybridized carbons (Fsp3) is 0.333. The monoisotopic (exact) mass is 242 g/mol. The van der Waals surface area contributed by atoms with E-state index in [0.717, 1.165) is 18.4 Å². The number of halogens is 1. The third-order valence-corrected chi connectivity index (χ3v) is 3.53. The molecule has 0 N–H and O–H groups in total. The zero-order valence-electron chi connectivity index (χ0n) is 10.4. The van der Waals surface area contributed by atoms with Gasteiger partial charge in [0.15, 0.2) is 0 Å². The van der Waals surface area contributed by atoms with Crippen molar-refractivity contribution in [1.82, 2.24) is 9.97 Å². The number of rotatable bonds is 2. The molecule has 3 heteroatoms. The molecule has 1 aromatic heterocycles. The molecule has 0 aliphatic heterocycles. The molecule has 0 atom stereocenters. The molecule has 0 bridgehead atoms. The highest BCUT2D eigenvalue weighted by Gasteiger charge is 2.23. The van der Waals surface area contributed by atoms with Gasteiger partial charge in [-0.05, 0) is 19.8 Å². The zero-order chi connectivity index (χ0) is 12.5. The van der Waals surface area contributed by atoms with E-state index in [-0.39, 0.29) is 0 Å². The van der Waals surface area contributed by atoms with Crippen LogP contribution >= 0.6 is 0 Å². The minimum atomic E-state index is -0.428. The summed E-state index contributed by atoms with van der Waals surface area (Å²) < 4.78 is 13.6. The average Bonchev–Trinajstić information content (AvgIpc) is 2.26. The molecule has 1 aliphatic rings. The lowest BCUT2D eigenvalue weighted by Gasteiger charge is -2.23. The maximum Gasteiger partial charge on any atom is 0.216 e. The summed E-state index contributed by atoms with van der Waals surface area (Å²) in [6.45, 7) is 2.03. The zero-order valence-corrected chi connectivity index (χ0v) is 10.4. The van der Waals surface area contributed by atoms with Gasteiger partial charge in [0, 0.05) is 17.5 Å². The van der Waals surface area contributed by atoms with E-state index >= 15 is 0 Å². The molecule has 0 saturated heterocycles. The van der Waals surface area contributed by atoms with Crippen molar-refractivity contribution in [2.24, 2.45) is 0 Å². The quantitative estimate of drug-likeness (QED) is 0.747. The summed E-state index contributed by atoms with van der Waals surface area (Å²) in [4.78, 5) is 8.43. The van der Waals surface area contributed by atoms with Gasteiger partial charge in [0.05, 0.1) is 5.69 Å². The van der Waals surface area contributed by atoms with Crippen molar-refractivity contribution in [2.45, 2.75) is 32.1 Å². The summed E-state index contributed by atoms with van der Waals surface area (Å²) in [6.07, 6.45) is 3.36. The fourth-order valence-electron chi connectivity index (χ4n) is 2.16. The second-order valence-electron chi connectivity index (χ2n) is 4.93. The molecular formula is C15H15FN2. The normalized spacial score (nSPS) is 15.4. The van der Waals surface area contributed by atoms with Crippen LogP contribution in [0.2, 0.25) is 0 Å². The van der Waals surface area contributed by atoms with Crippen LogP contribution in [0.5, 0.6) is 0 Å². The summed E-state index contributed by atoms with van der Waals surface area (Å²) >= 11 is 0. The number of benzene rings is 1. The molecule has 1 aliphatic carbocycles. The molecule has 1 saturated carbocycles. The summed E-state index contributed by atoms with van der Waals surface area (Å²) in [7, 11) is 0. The summed E-state index contributed by atoms with van der Waals surface area (Å²) in [5, 5.41) is 0. The second kappa shape index (κ2) is 4.48. The third kappa shape index (κ3) is 2.13. The number of nitrogens with zero attached hydrogens (tertiary/aromatic N) is 2. The van der Waals surface area contributed by atoms with Crippen LogP contribution < -0.4 is 0 Å². The first-order valence-electron chi connectivity index (χ1n) is 6.34. The fourth-order valence-corrected chi connectivity index (χ4v) is 2.16. The van der Waals surface area contributed by atoms with Crippen LogP contribution in [0.3, 0.4) is 0 Å². The average molecular weight is 242 g/mol. The van der Waals surface area contributed by atoms with Crippen molar-refractivity contribution in [3.05, 3.63) is 47.7 Å². The van der Waals surface area contributed by atoms with Crippen molar-refractivity contribution in [3.8, 4) is 11.3 Å². The third-order valence-electron chi connectivity index (χ3n) is 3.53. The van der Waals surface area contributed by atoms with Gasteiger partial charge >= 0.3 is 0 Å². The van der Waals surface area contributed by atoms with E-state index in [2.05, 4.69) is 9.97 Å². The first-order valence-corrected chi connectivity index (χ1v) is 6.34. The molecule has 0 radical (unpaired) electrons. The lowest BCUT2D eigenvalue weighted by Crippen LogP contribution is -2.13. The standard InChI is InChI=1S/C15H15FN2/c1-10-5-7-11(8-6-10)13-9-14(16)18-15(17-13)12-3-2-4-12/h5-9,12H,2-4H2,1H3. The van der Waals surface area contributed by atoms with Gasteiger partial charge in [-0.15, -0.1) is 0 Å². The van der Waals surface area contributed by atoms with Crippen molar-refractivity contribution in [3.63, 3.8) is 0 Å². The van der Waals surface area contributed by atoms with E-state index in [9.17, 15) is 4.39 Å². The van der Waals surface area contributed by atoms with Crippen LogP contribution in [0.1, 0.15) is 36.6 Å². The van der Waals surface area contributed by atoms with Gasteiger partial charge in [0.25, 0.3) is 0 Å². The van der Waals surface area contributed by atoms with E-state index < -0.39 is 5.95 Å². The molecule has 1 heterocycles. The smallest absolute Gasteiger partial charge is 0.216 e. The Hall–Kier alpha value is -1.77. The largest absolute Gasteiger partial charge is 0.232 e. The molecule has 0 unspecified atom stereocenters. The van der Waals surface area contributed by atoms with E-state index in [1.807, 2.05) is 31.2 Å². The van der Waals surface area contributed by atoms with Crippen molar-refractivity contribution in [2.75, 3.05) is 0 Å². The molecule has 1 aromatic carbocycles. The molecule has 3 rings (SSSR count). The maximum atomic E-state index is 13.6. The Morgan fingerprint density at radius 2 is 1.83 bits per heavy atom. The Kier molecular flexibility index (Phi) is 2.82. The molecule has 18 heavy (non-hydrogen) atoms. The van der Waals surface area contributed by atoms with Crippen LogP contribution in [0.4, 0.5) is 4.39 Å². The predicted octanol–water partition coefficient (Wildman–Crippen LogP) is 3.86. The molecule has 2 aromatic rings. The van der Waals surface area contributed by atoms with Gasteiger partial charge in [0.1, 0.15) is 5.82 Å². The topological polar surface area (TPSA) is 25.8 Å². The molecule has 2 nitrogen and oxygen atoms in total. The van der Waals surface area contributed by atoms with Crippen molar-refractivity contribution in [1.29, 1.82) is 0 Å². The Bertz CT molecular complexity index is 559. The van der Waals surface area contributed by atoms with Crippen LogP contribution in [0.15, 0.2) is 30.3 Å². The number of hydrogen-bond acceptors (Lipinski definition) is 2. The van der Waals surface area contributed by atoms with E-state index in [1.165, 1.54) is 18.1 Å². The van der Waals surface area contributed by atoms with Gasteiger partial charge < -0.3 is 0 Å². The lowest BCUT2D eigenvalue weighted by molar-refractivity contribution is 0.394. The van der Waals surface area contributed by atoms with Gasteiger partial charge in [-0.2, -0.15) is 4.39 Å². The Morgan fingerprint density at radius 3 is 2.44 bits per heavy atom. The summed E-state index contributed by atoms with van der Waals surface area (Å²) in [5.74, 6) is 0.587. The minimum Gasteiger partial charge on any atom is -0.232 e. The second-order valence-corrected chi connectivity index (χ2v) is 4.93. The van der Waals surface area contributed by atoms with Gasteiger partial charge in [0.2, 0.25) is 5.95 Å². The SMILES string of the molecule is Cc1ccc(-c2cc(F)nc(C3CCC3)n2)cc1. The lowest BCUT2D eigenvalue weighted by atomic mass is 9.85. The molecular weight excluding hydrogens is 227 g/mol. The van der Waals surface area contributed by atoms with E-state index in [4.69, 9.17) is 0 Å². The van der Waals surface area contributed by atoms with Gasteiger partial charge in [-0.3, -0.25) is 0 Å². The summed E-state index contributed by atoms with van der Waals surface area (Å²) in [5.41, 5.74) is 2.82. The molecule has 0 spiro atoms. The number of aryl methyl sites for hydroxylation is 1. The maximum absolute atomic E-state index is 13.6. The van der Waals surface area contributed by atoms with Gasteiger partial charge in [-0.25, -0.2) is 9.97 Å². The van der Waals surface area contributed by atoms with Gasteiger partial charge in [-0.1, -0.05) is 36.2 Å². The van der Waals surface area contributed by atoms with Crippen LogP contribution in [0.25, 0.3) is 11.3 Å². The van der Waals surface area contributed by atoms with Crippen LogP contribution in [-0.2, 0) is 0 Å². The highest BCUT2D eigenvalue weighted by Crippen LogP contribution is 2.35. The molecule has 1 fully saturated rings.